The smallest absolute Gasteiger partial charge is 0.221 e. The molecule has 0 atom stereocenters. The van der Waals surface area contributed by atoms with E-state index in [1.807, 2.05) is 0 Å². The first-order valence-corrected chi connectivity index (χ1v) is 8.40. The molecule has 0 heterocycles. The first kappa shape index (κ1) is 15.9. The Bertz CT molecular complexity index is 419. The molecule has 0 bridgehead atoms. The van der Waals surface area contributed by atoms with Crippen molar-refractivity contribution in [3.05, 3.63) is 29.8 Å². The van der Waals surface area contributed by atoms with Crippen LogP contribution in [0.4, 0.5) is 5.69 Å². The van der Waals surface area contributed by atoms with Crippen LogP contribution in [0.25, 0.3) is 0 Å². The lowest BCUT2D eigenvalue weighted by atomic mass is 10.1. The Hall–Kier alpha value is -1.51. The predicted molar refractivity (Wildman–Crippen MR) is 88.6 cm³/mol. The zero-order valence-corrected chi connectivity index (χ0v) is 13.2. The summed E-state index contributed by atoms with van der Waals surface area (Å²) in [5.74, 6) is 0.180. The summed E-state index contributed by atoms with van der Waals surface area (Å²) in [5, 5.41) is 6.50. The van der Waals surface area contributed by atoms with Crippen molar-refractivity contribution in [2.45, 2.75) is 64.3 Å². The van der Waals surface area contributed by atoms with Crippen LogP contribution in [0.15, 0.2) is 24.3 Å². The van der Waals surface area contributed by atoms with Crippen molar-refractivity contribution >= 4 is 11.6 Å². The topological polar surface area (TPSA) is 41.1 Å². The fraction of sp³-hybridized carbons (Fsp3) is 0.611. The molecule has 2 N–H and O–H groups in total. The lowest BCUT2D eigenvalue weighted by molar-refractivity contribution is -0.121. The number of carbonyl (C=O) groups is 1. The summed E-state index contributed by atoms with van der Waals surface area (Å²) < 4.78 is 0. The van der Waals surface area contributed by atoms with Crippen molar-refractivity contribution in [2.24, 2.45) is 0 Å². The predicted octanol–water partition coefficient (Wildman–Crippen LogP) is 3.89. The van der Waals surface area contributed by atoms with E-state index in [1.54, 1.807) is 0 Å². The zero-order chi connectivity index (χ0) is 14.9. The highest BCUT2D eigenvalue weighted by atomic mass is 16.1. The number of anilines is 1. The lowest BCUT2D eigenvalue weighted by Gasteiger charge is -2.16. The van der Waals surface area contributed by atoms with Crippen molar-refractivity contribution in [3.8, 4) is 0 Å². The Labute approximate surface area is 128 Å². The molecule has 1 aliphatic rings. The van der Waals surface area contributed by atoms with E-state index in [-0.39, 0.29) is 5.91 Å². The Morgan fingerprint density at radius 1 is 1.10 bits per heavy atom. The minimum atomic E-state index is 0.180. The molecule has 0 saturated heterocycles. The number of rotatable bonds is 6. The third kappa shape index (κ3) is 5.78. The van der Waals surface area contributed by atoms with Gasteiger partial charge >= 0.3 is 0 Å². The minimum Gasteiger partial charge on any atom is -0.385 e. The number of nitrogens with one attached hydrogen (secondary N) is 2. The summed E-state index contributed by atoms with van der Waals surface area (Å²) in [7, 11) is 0. The summed E-state index contributed by atoms with van der Waals surface area (Å²) >= 11 is 0. The summed E-state index contributed by atoms with van der Waals surface area (Å²) in [6.07, 6.45) is 9.06. The SMILES string of the molecule is CCc1ccc(NCCC(=O)NC2CCCCCC2)cc1. The highest BCUT2D eigenvalue weighted by Gasteiger charge is 2.14. The molecule has 116 valence electrons. The second-order valence-corrected chi connectivity index (χ2v) is 5.98. The van der Waals surface area contributed by atoms with Crippen LogP contribution >= 0.6 is 0 Å². The van der Waals surface area contributed by atoms with Crippen LogP contribution in [0.3, 0.4) is 0 Å². The molecule has 1 fully saturated rings. The summed E-state index contributed by atoms with van der Waals surface area (Å²) in [4.78, 5) is 12.0. The van der Waals surface area contributed by atoms with Gasteiger partial charge in [-0.05, 0) is 37.0 Å². The van der Waals surface area contributed by atoms with Gasteiger partial charge in [0.2, 0.25) is 5.91 Å². The van der Waals surface area contributed by atoms with Crippen LogP contribution in [0.1, 0.15) is 57.4 Å². The Morgan fingerprint density at radius 3 is 2.38 bits per heavy atom. The van der Waals surface area contributed by atoms with Gasteiger partial charge < -0.3 is 10.6 Å². The zero-order valence-electron chi connectivity index (χ0n) is 13.2. The van der Waals surface area contributed by atoms with Gasteiger partial charge in [0.1, 0.15) is 0 Å². The average molecular weight is 288 g/mol. The van der Waals surface area contributed by atoms with Gasteiger partial charge in [0, 0.05) is 24.7 Å². The first-order valence-electron chi connectivity index (χ1n) is 8.40. The number of hydrogen-bond donors (Lipinski definition) is 2. The highest BCUT2D eigenvalue weighted by molar-refractivity contribution is 5.76. The number of carbonyl (C=O) groups excluding carboxylic acids is 1. The molecule has 1 aromatic rings. The van der Waals surface area contributed by atoms with Gasteiger partial charge in [0.05, 0.1) is 0 Å². The maximum absolute atomic E-state index is 12.0. The van der Waals surface area contributed by atoms with E-state index < -0.39 is 0 Å². The highest BCUT2D eigenvalue weighted by Crippen LogP contribution is 2.17. The molecular formula is C18H28N2O. The van der Waals surface area contributed by atoms with Gasteiger partial charge in [0.25, 0.3) is 0 Å². The molecule has 2 rings (SSSR count). The number of aryl methyl sites for hydroxylation is 1. The molecule has 0 radical (unpaired) electrons. The van der Waals surface area contributed by atoms with Gasteiger partial charge in [-0.3, -0.25) is 4.79 Å². The first-order chi connectivity index (χ1) is 10.3. The second kappa shape index (κ2) is 8.71. The van der Waals surface area contributed by atoms with Crippen molar-refractivity contribution < 1.29 is 4.79 Å². The van der Waals surface area contributed by atoms with E-state index in [9.17, 15) is 4.79 Å². The third-order valence-electron chi connectivity index (χ3n) is 4.26. The quantitative estimate of drug-likeness (QED) is 0.780. The molecule has 0 aromatic heterocycles. The van der Waals surface area contributed by atoms with Crippen molar-refractivity contribution in [1.29, 1.82) is 0 Å². The van der Waals surface area contributed by atoms with Crippen LogP contribution in [-0.4, -0.2) is 18.5 Å². The minimum absolute atomic E-state index is 0.180. The lowest BCUT2D eigenvalue weighted by Crippen LogP contribution is -2.35. The normalized spacial score (nSPS) is 16.2. The van der Waals surface area contributed by atoms with Crippen LogP contribution in [-0.2, 0) is 11.2 Å². The van der Waals surface area contributed by atoms with E-state index >= 15 is 0 Å². The summed E-state index contributed by atoms with van der Waals surface area (Å²) in [6, 6.07) is 8.84. The molecule has 3 heteroatoms. The summed E-state index contributed by atoms with van der Waals surface area (Å²) in [6.45, 7) is 2.85. The van der Waals surface area contributed by atoms with E-state index in [0.717, 1.165) is 24.9 Å². The van der Waals surface area contributed by atoms with Crippen LogP contribution in [0.2, 0.25) is 0 Å². The van der Waals surface area contributed by atoms with Gasteiger partial charge in [-0.25, -0.2) is 0 Å². The molecule has 0 unspecified atom stereocenters. The Kier molecular flexibility index (Phi) is 6.58. The molecule has 1 aromatic carbocycles. The molecule has 0 spiro atoms. The van der Waals surface area contributed by atoms with E-state index in [4.69, 9.17) is 0 Å². The van der Waals surface area contributed by atoms with Crippen molar-refractivity contribution in [3.63, 3.8) is 0 Å². The molecular weight excluding hydrogens is 260 g/mol. The van der Waals surface area contributed by atoms with Crippen LogP contribution in [0, 0.1) is 0 Å². The fourth-order valence-electron chi connectivity index (χ4n) is 2.90. The standard InChI is InChI=1S/C18H28N2O/c1-2-15-9-11-16(12-10-15)19-14-13-18(21)20-17-7-5-3-4-6-8-17/h9-12,17,19H,2-8,13-14H2,1H3,(H,20,21). The van der Waals surface area contributed by atoms with E-state index in [1.165, 1.54) is 31.2 Å². The van der Waals surface area contributed by atoms with Crippen molar-refractivity contribution in [1.82, 2.24) is 5.32 Å². The largest absolute Gasteiger partial charge is 0.385 e. The van der Waals surface area contributed by atoms with Gasteiger partial charge in [-0.2, -0.15) is 0 Å². The van der Waals surface area contributed by atoms with Crippen LogP contribution in [0.5, 0.6) is 0 Å². The van der Waals surface area contributed by atoms with Gasteiger partial charge in [-0.15, -0.1) is 0 Å². The number of amides is 1. The molecule has 1 amide bonds. The fourth-order valence-corrected chi connectivity index (χ4v) is 2.90. The Balaban J connectivity index is 1.66. The maximum Gasteiger partial charge on any atom is 0.221 e. The molecule has 3 nitrogen and oxygen atoms in total. The van der Waals surface area contributed by atoms with E-state index in [2.05, 4.69) is 41.8 Å². The van der Waals surface area contributed by atoms with Gasteiger partial charge in [0.15, 0.2) is 0 Å². The monoisotopic (exact) mass is 288 g/mol. The Morgan fingerprint density at radius 2 is 1.76 bits per heavy atom. The summed E-state index contributed by atoms with van der Waals surface area (Å²) in [5.41, 5.74) is 2.43. The maximum atomic E-state index is 12.0. The average Bonchev–Trinajstić information content (AvgIpc) is 2.76. The van der Waals surface area contributed by atoms with Gasteiger partial charge in [-0.1, -0.05) is 44.7 Å². The van der Waals surface area contributed by atoms with Crippen LogP contribution < -0.4 is 10.6 Å². The third-order valence-corrected chi connectivity index (χ3v) is 4.26. The number of benzene rings is 1. The second-order valence-electron chi connectivity index (χ2n) is 5.98. The van der Waals surface area contributed by atoms with Crippen molar-refractivity contribution in [2.75, 3.05) is 11.9 Å². The molecule has 1 aliphatic carbocycles. The number of hydrogen-bond acceptors (Lipinski definition) is 2. The molecule has 0 aliphatic heterocycles. The van der Waals surface area contributed by atoms with E-state index in [0.29, 0.717) is 19.0 Å². The molecule has 1 saturated carbocycles. The molecule has 21 heavy (non-hydrogen) atoms.